The van der Waals surface area contributed by atoms with Crippen molar-refractivity contribution in [2.45, 2.75) is 13.0 Å². The van der Waals surface area contributed by atoms with Crippen molar-refractivity contribution < 1.29 is 9.90 Å². The second kappa shape index (κ2) is 4.06. The lowest BCUT2D eigenvalue weighted by Gasteiger charge is -2.14. The SMILES string of the molecule is C=C[C@@H](C)[C@@H](NC)C(=O)O. The average molecular weight is 143 g/mol. The molecule has 0 amide bonds. The predicted molar refractivity (Wildman–Crippen MR) is 39.8 cm³/mol. The van der Waals surface area contributed by atoms with Crippen molar-refractivity contribution >= 4 is 5.97 Å². The van der Waals surface area contributed by atoms with Crippen molar-refractivity contribution in [3.05, 3.63) is 12.7 Å². The Balaban J connectivity index is 4.05. The molecular formula is C7H13NO2. The van der Waals surface area contributed by atoms with Crippen molar-refractivity contribution in [1.82, 2.24) is 5.32 Å². The summed E-state index contributed by atoms with van der Waals surface area (Å²) in [5.74, 6) is -0.877. The van der Waals surface area contributed by atoms with E-state index in [1.807, 2.05) is 6.92 Å². The van der Waals surface area contributed by atoms with Gasteiger partial charge in [-0.1, -0.05) is 13.0 Å². The lowest BCUT2D eigenvalue weighted by Crippen LogP contribution is -2.38. The Bertz CT molecular complexity index is 134. The fourth-order valence-corrected chi connectivity index (χ4v) is 0.747. The lowest BCUT2D eigenvalue weighted by atomic mass is 10.0. The molecule has 0 aliphatic heterocycles. The van der Waals surface area contributed by atoms with E-state index in [9.17, 15) is 4.79 Å². The van der Waals surface area contributed by atoms with Crippen LogP contribution in [0.4, 0.5) is 0 Å². The molecule has 10 heavy (non-hydrogen) atoms. The molecule has 0 aromatic carbocycles. The number of hydrogen-bond donors (Lipinski definition) is 2. The first-order valence-corrected chi connectivity index (χ1v) is 3.16. The highest BCUT2D eigenvalue weighted by Crippen LogP contribution is 2.02. The van der Waals surface area contributed by atoms with Gasteiger partial charge in [-0.2, -0.15) is 0 Å². The maximum Gasteiger partial charge on any atom is 0.321 e. The van der Waals surface area contributed by atoms with E-state index in [0.29, 0.717) is 0 Å². The summed E-state index contributed by atoms with van der Waals surface area (Å²) in [6, 6.07) is -0.516. The standard InChI is InChI=1S/C7H13NO2/c1-4-5(2)6(8-3)7(9)10/h4-6,8H,1H2,2-3H3,(H,9,10)/t5-,6-/m1/s1. The number of rotatable bonds is 4. The Morgan fingerprint density at radius 3 is 2.40 bits per heavy atom. The van der Waals surface area contributed by atoms with Gasteiger partial charge in [0.1, 0.15) is 6.04 Å². The number of nitrogens with one attached hydrogen (secondary N) is 1. The number of carboxylic acid groups (broad SMARTS) is 1. The van der Waals surface area contributed by atoms with Gasteiger partial charge in [0.05, 0.1) is 0 Å². The van der Waals surface area contributed by atoms with Crippen molar-refractivity contribution in [3.8, 4) is 0 Å². The zero-order valence-electron chi connectivity index (χ0n) is 6.29. The third kappa shape index (κ3) is 2.19. The van der Waals surface area contributed by atoms with Gasteiger partial charge in [0.15, 0.2) is 0 Å². The highest BCUT2D eigenvalue weighted by molar-refractivity contribution is 5.74. The third-order valence-corrected chi connectivity index (χ3v) is 1.47. The number of carbonyl (C=O) groups is 1. The molecule has 0 rings (SSSR count). The van der Waals surface area contributed by atoms with E-state index in [0.717, 1.165) is 0 Å². The molecule has 3 heteroatoms. The van der Waals surface area contributed by atoms with Gasteiger partial charge in [-0.05, 0) is 13.0 Å². The number of hydrogen-bond acceptors (Lipinski definition) is 2. The molecule has 0 aromatic heterocycles. The monoisotopic (exact) mass is 143 g/mol. The Morgan fingerprint density at radius 1 is 1.80 bits per heavy atom. The summed E-state index contributed by atoms with van der Waals surface area (Å²) >= 11 is 0. The Labute approximate surface area is 60.7 Å². The first-order valence-electron chi connectivity index (χ1n) is 3.16. The van der Waals surface area contributed by atoms with Crippen LogP contribution in [0.3, 0.4) is 0 Å². The fourth-order valence-electron chi connectivity index (χ4n) is 0.747. The Morgan fingerprint density at radius 2 is 2.30 bits per heavy atom. The van der Waals surface area contributed by atoms with E-state index in [2.05, 4.69) is 11.9 Å². The highest BCUT2D eigenvalue weighted by Gasteiger charge is 2.19. The third-order valence-electron chi connectivity index (χ3n) is 1.47. The van der Waals surface area contributed by atoms with Crippen molar-refractivity contribution in [3.63, 3.8) is 0 Å². The fraction of sp³-hybridized carbons (Fsp3) is 0.571. The van der Waals surface area contributed by atoms with Crippen LogP contribution in [0, 0.1) is 5.92 Å². The molecule has 3 nitrogen and oxygen atoms in total. The zero-order valence-corrected chi connectivity index (χ0v) is 6.29. The van der Waals surface area contributed by atoms with Gasteiger partial charge in [-0.3, -0.25) is 4.79 Å². The van der Waals surface area contributed by atoms with E-state index in [-0.39, 0.29) is 5.92 Å². The van der Waals surface area contributed by atoms with Crippen LogP contribution in [0.1, 0.15) is 6.92 Å². The van der Waals surface area contributed by atoms with Crippen LogP contribution in [-0.4, -0.2) is 24.2 Å². The van der Waals surface area contributed by atoms with E-state index in [1.54, 1.807) is 13.1 Å². The summed E-state index contributed by atoms with van der Waals surface area (Å²) in [7, 11) is 1.62. The minimum atomic E-state index is -0.838. The van der Waals surface area contributed by atoms with Crippen LogP contribution < -0.4 is 5.32 Å². The second-order valence-electron chi connectivity index (χ2n) is 2.20. The molecule has 0 spiro atoms. The van der Waals surface area contributed by atoms with Gasteiger partial charge in [-0.25, -0.2) is 0 Å². The first-order chi connectivity index (χ1) is 4.63. The number of carboxylic acids is 1. The molecule has 0 saturated carbocycles. The van der Waals surface area contributed by atoms with Crippen LogP contribution in [0.5, 0.6) is 0 Å². The van der Waals surface area contributed by atoms with Crippen LogP contribution in [0.2, 0.25) is 0 Å². The molecule has 58 valence electrons. The molecule has 0 aromatic rings. The van der Waals surface area contributed by atoms with Crippen LogP contribution in [0.15, 0.2) is 12.7 Å². The van der Waals surface area contributed by atoms with Gasteiger partial charge < -0.3 is 10.4 Å². The van der Waals surface area contributed by atoms with Crippen LogP contribution >= 0.6 is 0 Å². The molecule has 2 atom stereocenters. The average Bonchev–Trinajstić information content (AvgIpc) is 1.88. The molecule has 0 radical (unpaired) electrons. The molecule has 0 bridgehead atoms. The summed E-state index contributed by atoms with van der Waals surface area (Å²) in [4.78, 5) is 10.4. The quantitative estimate of drug-likeness (QED) is 0.563. The smallest absolute Gasteiger partial charge is 0.321 e. The minimum Gasteiger partial charge on any atom is -0.480 e. The topological polar surface area (TPSA) is 49.3 Å². The van der Waals surface area contributed by atoms with E-state index in [1.165, 1.54) is 0 Å². The maximum atomic E-state index is 10.4. The van der Waals surface area contributed by atoms with Crippen molar-refractivity contribution in [2.24, 2.45) is 5.92 Å². The zero-order chi connectivity index (χ0) is 8.15. The van der Waals surface area contributed by atoms with Crippen molar-refractivity contribution in [2.75, 3.05) is 7.05 Å². The van der Waals surface area contributed by atoms with E-state index >= 15 is 0 Å². The van der Waals surface area contributed by atoms with Crippen LogP contribution in [0.25, 0.3) is 0 Å². The highest BCUT2D eigenvalue weighted by atomic mass is 16.4. The van der Waals surface area contributed by atoms with Gasteiger partial charge in [0.2, 0.25) is 0 Å². The summed E-state index contributed by atoms with van der Waals surface area (Å²) in [5, 5.41) is 11.2. The molecule has 0 aliphatic rings. The Kier molecular flexibility index (Phi) is 3.72. The van der Waals surface area contributed by atoms with E-state index < -0.39 is 12.0 Å². The largest absolute Gasteiger partial charge is 0.480 e. The van der Waals surface area contributed by atoms with Gasteiger partial charge in [0.25, 0.3) is 0 Å². The lowest BCUT2D eigenvalue weighted by molar-refractivity contribution is -0.140. The predicted octanol–water partition coefficient (Wildman–Crippen LogP) is 0.481. The summed E-state index contributed by atoms with van der Waals surface area (Å²) in [6.07, 6.45) is 1.62. The number of aliphatic carboxylic acids is 1. The summed E-state index contributed by atoms with van der Waals surface area (Å²) in [6.45, 7) is 5.32. The molecular weight excluding hydrogens is 130 g/mol. The molecule has 0 aliphatic carbocycles. The van der Waals surface area contributed by atoms with Crippen molar-refractivity contribution in [1.29, 1.82) is 0 Å². The molecule has 0 unspecified atom stereocenters. The maximum absolute atomic E-state index is 10.4. The second-order valence-corrected chi connectivity index (χ2v) is 2.20. The molecule has 0 fully saturated rings. The molecule has 0 saturated heterocycles. The summed E-state index contributed by atoms with van der Waals surface area (Å²) < 4.78 is 0. The van der Waals surface area contributed by atoms with Crippen LogP contribution in [-0.2, 0) is 4.79 Å². The Hall–Kier alpha value is -0.830. The van der Waals surface area contributed by atoms with Gasteiger partial charge in [-0.15, -0.1) is 6.58 Å². The van der Waals surface area contributed by atoms with E-state index in [4.69, 9.17) is 5.11 Å². The normalized spacial score (nSPS) is 15.8. The molecule has 2 N–H and O–H groups in total. The molecule has 0 heterocycles. The first kappa shape index (κ1) is 9.17. The van der Waals surface area contributed by atoms with Gasteiger partial charge >= 0.3 is 5.97 Å². The van der Waals surface area contributed by atoms with Gasteiger partial charge in [0, 0.05) is 0 Å². The summed E-state index contributed by atoms with van der Waals surface area (Å²) in [5.41, 5.74) is 0. The number of likely N-dealkylation sites (N-methyl/N-ethyl adjacent to an activating group) is 1. The minimum absolute atomic E-state index is 0.0394.